The third kappa shape index (κ3) is 1.98. The van der Waals surface area contributed by atoms with Crippen LogP contribution in [0, 0.1) is 12.8 Å². The zero-order valence-corrected chi connectivity index (χ0v) is 13.2. The lowest BCUT2D eigenvalue weighted by atomic mass is 9.83. The Hall–Kier alpha value is -2.62. The first kappa shape index (κ1) is 14.0. The van der Waals surface area contributed by atoms with Crippen molar-refractivity contribution in [3.05, 3.63) is 59.7 Å². The molecule has 0 radical (unpaired) electrons. The van der Waals surface area contributed by atoms with Crippen LogP contribution in [0.3, 0.4) is 0 Å². The summed E-state index contributed by atoms with van der Waals surface area (Å²) in [6.45, 7) is 2.62. The van der Waals surface area contributed by atoms with Gasteiger partial charge in [-0.3, -0.25) is 9.59 Å². The standard InChI is InChI=1S/C19H18N2O2/c1-12-8-9-14-16(10-12)20(2)11-15-17(14)19(23)21(18(15)22)13-6-4-3-5-7-13/h3-10,15,17H,11H2,1-2H3/t15-,17+/m1/s1. The summed E-state index contributed by atoms with van der Waals surface area (Å²) in [6.07, 6.45) is 0. The normalized spacial score (nSPS) is 23.0. The molecule has 0 spiro atoms. The predicted molar refractivity (Wildman–Crippen MR) is 89.6 cm³/mol. The SMILES string of the molecule is Cc1ccc2c(c1)N(C)C[C@H]1C(=O)N(c3ccccc3)C(=O)[C@@H]21. The number of carbonyl (C=O) groups is 2. The van der Waals surface area contributed by atoms with Crippen molar-refractivity contribution in [2.45, 2.75) is 12.8 Å². The van der Waals surface area contributed by atoms with Crippen LogP contribution in [0.2, 0.25) is 0 Å². The second-order valence-electron chi connectivity index (χ2n) is 6.37. The number of hydrogen-bond acceptors (Lipinski definition) is 3. The van der Waals surface area contributed by atoms with Crippen LogP contribution in [0.25, 0.3) is 0 Å². The molecule has 0 N–H and O–H groups in total. The lowest BCUT2D eigenvalue weighted by Crippen LogP contribution is -2.37. The molecule has 1 fully saturated rings. The molecule has 0 bridgehead atoms. The summed E-state index contributed by atoms with van der Waals surface area (Å²) >= 11 is 0. The van der Waals surface area contributed by atoms with Crippen molar-refractivity contribution >= 4 is 23.2 Å². The van der Waals surface area contributed by atoms with Gasteiger partial charge in [0.2, 0.25) is 11.8 Å². The second kappa shape index (κ2) is 4.95. The summed E-state index contributed by atoms with van der Waals surface area (Å²) in [5.41, 5.74) is 3.84. The van der Waals surface area contributed by atoms with Crippen molar-refractivity contribution in [3.8, 4) is 0 Å². The molecule has 4 heteroatoms. The summed E-state index contributed by atoms with van der Waals surface area (Å²) in [4.78, 5) is 29.3. The molecule has 0 unspecified atom stereocenters. The molecule has 4 rings (SSSR count). The first-order valence-corrected chi connectivity index (χ1v) is 7.82. The average Bonchev–Trinajstić information content (AvgIpc) is 2.80. The summed E-state index contributed by atoms with van der Waals surface area (Å²) in [7, 11) is 1.98. The summed E-state index contributed by atoms with van der Waals surface area (Å²) in [6, 6.07) is 15.3. The van der Waals surface area contributed by atoms with Gasteiger partial charge in [0.15, 0.2) is 0 Å². The Kier molecular flexibility index (Phi) is 3.01. The maximum atomic E-state index is 13.0. The fourth-order valence-electron chi connectivity index (χ4n) is 3.73. The van der Waals surface area contributed by atoms with Gasteiger partial charge in [0.25, 0.3) is 0 Å². The van der Waals surface area contributed by atoms with Crippen LogP contribution in [0.5, 0.6) is 0 Å². The van der Waals surface area contributed by atoms with Gasteiger partial charge >= 0.3 is 0 Å². The number of aryl methyl sites for hydroxylation is 1. The van der Waals surface area contributed by atoms with Crippen molar-refractivity contribution in [2.24, 2.45) is 5.92 Å². The van der Waals surface area contributed by atoms with Gasteiger partial charge in [-0.15, -0.1) is 0 Å². The molecule has 0 saturated carbocycles. The monoisotopic (exact) mass is 306 g/mol. The Morgan fingerprint density at radius 2 is 1.74 bits per heavy atom. The van der Waals surface area contributed by atoms with Crippen molar-refractivity contribution in [1.82, 2.24) is 0 Å². The number of hydrogen-bond donors (Lipinski definition) is 0. The van der Waals surface area contributed by atoms with Gasteiger partial charge in [-0.25, -0.2) is 4.90 Å². The molecule has 2 aliphatic rings. The lowest BCUT2D eigenvalue weighted by Gasteiger charge is -2.33. The number of carbonyl (C=O) groups excluding carboxylic acids is 2. The quantitative estimate of drug-likeness (QED) is 0.761. The predicted octanol–water partition coefficient (Wildman–Crippen LogP) is 2.72. The number of para-hydroxylation sites is 1. The van der Waals surface area contributed by atoms with E-state index in [9.17, 15) is 9.59 Å². The Bertz CT molecular complexity index is 800. The number of amides is 2. The molecule has 23 heavy (non-hydrogen) atoms. The van der Waals surface area contributed by atoms with Crippen molar-refractivity contribution in [2.75, 3.05) is 23.4 Å². The van der Waals surface area contributed by atoms with Crippen LogP contribution in [0.15, 0.2) is 48.5 Å². The highest BCUT2D eigenvalue weighted by Gasteiger charge is 2.52. The van der Waals surface area contributed by atoms with Gasteiger partial charge in [-0.2, -0.15) is 0 Å². The number of fused-ring (bicyclic) bond motifs is 3. The Morgan fingerprint density at radius 1 is 1.00 bits per heavy atom. The van der Waals surface area contributed by atoms with Gasteiger partial charge in [-0.05, 0) is 36.2 Å². The molecule has 4 nitrogen and oxygen atoms in total. The number of rotatable bonds is 1. The Balaban J connectivity index is 1.83. The van der Waals surface area contributed by atoms with E-state index < -0.39 is 0 Å². The molecule has 2 aromatic carbocycles. The van der Waals surface area contributed by atoms with E-state index in [1.807, 2.05) is 56.4 Å². The molecule has 116 valence electrons. The van der Waals surface area contributed by atoms with Crippen LogP contribution < -0.4 is 9.80 Å². The van der Waals surface area contributed by atoms with Crippen LogP contribution in [-0.4, -0.2) is 25.4 Å². The molecule has 2 heterocycles. The molecule has 0 aromatic heterocycles. The third-order valence-corrected chi connectivity index (χ3v) is 4.84. The van der Waals surface area contributed by atoms with Crippen LogP contribution in [0.4, 0.5) is 11.4 Å². The zero-order chi connectivity index (χ0) is 16.1. The fourth-order valence-corrected chi connectivity index (χ4v) is 3.73. The van der Waals surface area contributed by atoms with Crippen LogP contribution in [0.1, 0.15) is 17.0 Å². The van der Waals surface area contributed by atoms with Gasteiger partial charge in [0, 0.05) is 19.3 Å². The smallest absolute Gasteiger partial charge is 0.242 e. The first-order chi connectivity index (χ1) is 11.1. The average molecular weight is 306 g/mol. The van der Waals surface area contributed by atoms with E-state index >= 15 is 0 Å². The summed E-state index contributed by atoms with van der Waals surface area (Å²) in [5.74, 6) is -0.869. The molecule has 2 amide bonds. The van der Waals surface area contributed by atoms with Gasteiger partial charge in [0.05, 0.1) is 17.5 Å². The maximum absolute atomic E-state index is 13.0. The maximum Gasteiger partial charge on any atom is 0.242 e. The topological polar surface area (TPSA) is 40.6 Å². The zero-order valence-electron chi connectivity index (χ0n) is 13.2. The number of nitrogens with zero attached hydrogens (tertiary/aromatic N) is 2. The third-order valence-electron chi connectivity index (χ3n) is 4.84. The van der Waals surface area contributed by atoms with E-state index in [-0.39, 0.29) is 23.7 Å². The number of imide groups is 1. The molecule has 2 aliphatic heterocycles. The molecule has 0 aliphatic carbocycles. The van der Waals surface area contributed by atoms with Gasteiger partial charge in [-0.1, -0.05) is 30.3 Å². The van der Waals surface area contributed by atoms with Crippen molar-refractivity contribution in [1.29, 1.82) is 0 Å². The molecular formula is C19H18N2O2. The molecule has 2 aromatic rings. The lowest BCUT2D eigenvalue weighted by molar-refractivity contribution is -0.122. The highest BCUT2D eigenvalue weighted by Crippen LogP contribution is 2.45. The number of benzene rings is 2. The summed E-state index contributed by atoms with van der Waals surface area (Å²) < 4.78 is 0. The first-order valence-electron chi connectivity index (χ1n) is 7.82. The van der Waals surface area contributed by atoms with E-state index in [0.29, 0.717) is 12.2 Å². The Morgan fingerprint density at radius 3 is 2.48 bits per heavy atom. The largest absolute Gasteiger partial charge is 0.374 e. The van der Waals surface area contributed by atoms with Gasteiger partial charge < -0.3 is 4.90 Å². The minimum Gasteiger partial charge on any atom is -0.374 e. The van der Waals surface area contributed by atoms with Crippen molar-refractivity contribution in [3.63, 3.8) is 0 Å². The van der Waals surface area contributed by atoms with Crippen LogP contribution >= 0.6 is 0 Å². The second-order valence-corrected chi connectivity index (χ2v) is 6.37. The fraction of sp³-hybridized carbons (Fsp3) is 0.263. The molecule has 2 atom stereocenters. The minimum absolute atomic E-state index is 0.0933. The van der Waals surface area contributed by atoms with E-state index in [1.165, 1.54) is 4.90 Å². The molecule has 1 saturated heterocycles. The van der Waals surface area contributed by atoms with E-state index in [1.54, 1.807) is 0 Å². The van der Waals surface area contributed by atoms with Crippen molar-refractivity contribution < 1.29 is 9.59 Å². The van der Waals surface area contributed by atoms with E-state index in [2.05, 4.69) is 11.0 Å². The Labute approximate surface area is 135 Å². The molecular weight excluding hydrogens is 288 g/mol. The minimum atomic E-state index is -0.366. The highest BCUT2D eigenvalue weighted by molar-refractivity contribution is 6.24. The van der Waals surface area contributed by atoms with Gasteiger partial charge in [0.1, 0.15) is 0 Å². The highest BCUT2D eigenvalue weighted by atomic mass is 16.2. The number of anilines is 2. The van der Waals surface area contributed by atoms with E-state index in [4.69, 9.17) is 0 Å². The summed E-state index contributed by atoms with van der Waals surface area (Å²) in [5, 5.41) is 0. The van der Waals surface area contributed by atoms with E-state index in [0.717, 1.165) is 16.8 Å². The van der Waals surface area contributed by atoms with Crippen LogP contribution in [-0.2, 0) is 9.59 Å².